The lowest BCUT2D eigenvalue weighted by molar-refractivity contribution is -0.156. The maximum absolute atomic E-state index is 11.8. The second-order valence-electron chi connectivity index (χ2n) is 5.81. The van der Waals surface area contributed by atoms with E-state index in [4.69, 9.17) is 16.2 Å². The molecule has 0 amide bonds. The summed E-state index contributed by atoms with van der Waals surface area (Å²) in [6, 6.07) is 7.25. The second-order valence-corrected chi connectivity index (χ2v) is 5.81. The summed E-state index contributed by atoms with van der Waals surface area (Å²) in [6.45, 7) is 7.30. The molecule has 0 aliphatic heterocycles. The highest BCUT2D eigenvalue weighted by molar-refractivity contribution is 5.71. The Bertz CT molecular complexity index is 434. The van der Waals surface area contributed by atoms with Gasteiger partial charge in [0.15, 0.2) is 0 Å². The van der Waals surface area contributed by atoms with E-state index in [0.29, 0.717) is 5.69 Å². The van der Waals surface area contributed by atoms with Crippen LogP contribution in [0, 0.1) is 0 Å². The Morgan fingerprint density at radius 1 is 1.28 bits per heavy atom. The van der Waals surface area contributed by atoms with Crippen molar-refractivity contribution in [1.29, 1.82) is 0 Å². The number of carbonyl (C=O) groups excluding carboxylic acids is 1. The maximum atomic E-state index is 11.8. The Balaban J connectivity index is 2.79. The summed E-state index contributed by atoms with van der Waals surface area (Å²) in [5, 5.41) is 0. The maximum Gasteiger partial charge on any atom is 0.308 e. The quantitative estimate of drug-likeness (QED) is 0.636. The Kier molecular flexibility index (Phi) is 4.02. The first-order valence-electron chi connectivity index (χ1n) is 5.97. The summed E-state index contributed by atoms with van der Waals surface area (Å²) < 4.78 is 5.28. The lowest BCUT2D eigenvalue weighted by Gasteiger charge is -2.27. The first kappa shape index (κ1) is 14.5. The van der Waals surface area contributed by atoms with E-state index in [-0.39, 0.29) is 12.4 Å². The van der Waals surface area contributed by atoms with Crippen LogP contribution in [0.3, 0.4) is 0 Å². The number of esters is 1. The van der Waals surface area contributed by atoms with Crippen molar-refractivity contribution in [2.45, 2.75) is 45.3 Å². The van der Waals surface area contributed by atoms with E-state index in [9.17, 15) is 4.79 Å². The standard InChI is InChI=1S/C14H22N2O2/c1-13(2,3)18-12(17)9-14(4,16)10-6-5-7-11(15)8-10/h5-8H,9,15-16H2,1-4H3. The summed E-state index contributed by atoms with van der Waals surface area (Å²) in [4.78, 5) is 11.8. The summed E-state index contributed by atoms with van der Waals surface area (Å²) in [5.74, 6) is -0.310. The predicted molar refractivity (Wildman–Crippen MR) is 72.9 cm³/mol. The molecule has 0 bridgehead atoms. The fourth-order valence-corrected chi connectivity index (χ4v) is 1.67. The number of nitrogen functional groups attached to an aromatic ring is 1. The Labute approximate surface area is 108 Å². The van der Waals surface area contributed by atoms with Crippen LogP contribution in [0.1, 0.15) is 39.7 Å². The molecule has 0 radical (unpaired) electrons. The highest BCUT2D eigenvalue weighted by Gasteiger charge is 2.28. The van der Waals surface area contributed by atoms with Gasteiger partial charge >= 0.3 is 5.97 Å². The van der Waals surface area contributed by atoms with Gasteiger partial charge in [0.25, 0.3) is 0 Å². The molecule has 4 N–H and O–H groups in total. The van der Waals surface area contributed by atoms with Crippen LogP contribution in [0.5, 0.6) is 0 Å². The molecule has 100 valence electrons. The van der Waals surface area contributed by atoms with Crippen LogP contribution in [0.25, 0.3) is 0 Å². The molecule has 0 saturated heterocycles. The molecular weight excluding hydrogens is 228 g/mol. The number of benzene rings is 1. The summed E-state index contributed by atoms with van der Waals surface area (Å²) in [6.07, 6.45) is 0.119. The fraction of sp³-hybridized carbons (Fsp3) is 0.500. The Morgan fingerprint density at radius 2 is 1.89 bits per heavy atom. The lowest BCUT2D eigenvalue weighted by atomic mass is 9.89. The molecule has 1 rings (SSSR count). The van der Waals surface area contributed by atoms with Crippen molar-refractivity contribution in [3.05, 3.63) is 29.8 Å². The fourth-order valence-electron chi connectivity index (χ4n) is 1.67. The van der Waals surface area contributed by atoms with E-state index in [1.54, 1.807) is 19.1 Å². The van der Waals surface area contributed by atoms with Gasteiger partial charge in [0.2, 0.25) is 0 Å². The van der Waals surface area contributed by atoms with Gasteiger partial charge in [-0.15, -0.1) is 0 Å². The number of rotatable bonds is 3. The van der Waals surface area contributed by atoms with Crippen molar-refractivity contribution in [3.63, 3.8) is 0 Å². The summed E-state index contributed by atoms with van der Waals surface area (Å²) in [5.41, 5.74) is 12.1. The van der Waals surface area contributed by atoms with E-state index in [2.05, 4.69) is 0 Å². The molecule has 1 aromatic carbocycles. The molecule has 0 heterocycles. The van der Waals surface area contributed by atoms with Crippen molar-refractivity contribution in [2.75, 3.05) is 5.73 Å². The van der Waals surface area contributed by atoms with Crippen molar-refractivity contribution in [1.82, 2.24) is 0 Å². The largest absolute Gasteiger partial charge is 0.460 e. The normalized spacial score (nSPS) is 14.9. The highest BCUT2D eigenvalue weighted by atomic mass is 16.6. The van der Waals surface area contributed by atoms with E-state index in [1.807, 2.05) is 32.9 Å². The van der Waals surface area contributed by atoms with Crippen molar-refractivity contribution in [2.24, 2.45) is 5.73 Å². The third kappa shape index (κ3) is 4.37. The minimum absolute atomic E-state index is 0.119. The number of hydrogen-bond donors (Lipinski definition) is 2. The first-order valence-corrected chi connectivity index (χ1v) is 5.97. The molecule has 18 heavy (non-hydrogen) atoms. The molecule has 4 heteroatoms. The van der Waals surface area contributed by atoms with Crippen molar-refractivity contribution in [3.8, 4) is 0 Å². The van der Waals surface area contributed by atoms with Gasteiger partial charge < -0.3 is 16.2 Å². The highest BCUT2D eigenvalue weighted by Crippen LogP contribution is 2.24. The van der Waals surface area contributed by atoms with Crippen LogP contribution in [0.15, 0.2) is 24.3 Å². The molecule has 0 spiro atoms. The van der Waals surface area contributed by atoms with Crippen LogP contribution in [0.4, 0.5) is 5.69 Å². The zero-order chi connectivity index (χ0) is 14.0. The van der Waals surface area contributed by atoms with Crippen LogP contribution >= 0.6 is 0 Å². The van der Waals surface area contributed by atoms with E-state index < -0.39 is 11.1 Å². The van der Waals surface area contributed by atoms with Gasteiger partial charge in [-0.3, -0.25) is 4.79 Å². The third-order valence-electron chi connectivity index (χ3n) is 2.48. The molecule has 0 aromatic heterocycles. The zero-order valence-electron chi connectivity index (χ0n) is 11.5. The van der Waals surface area contributed by atoms with E-state index in [1.165, 1.54) is 0 Å². The first-order chi connectivity index (χ1) is 8.10. The van der Waals surface area contributed by atoms with Gasteiger partial charge in [-0.2, -0.15) is 0 Å². The number of anilines is 1. The second kappa shape index (κ2) is 4.98. The van der Waals surface area contributed by atoms with Gasteiger partial charge in [0, 0.05) is 11.2 Å². The topological polar surface area (TPSA) is 78.3 Å². The number of hydrogen-bond acceptors (Lipinski definition) is 4. The molecule has 0 aliphatic carbocycles. The number of nitrogens with two attached hydrogens (primary N) is 2. The van der Waals surface area contributed by atoms with Gasteiger partial charge in [-0.25, -0.2) is 0 Å². The van der Waals surface area contributed by atoms with Gasteiger partial charge in [-0.1, -0.05) is 12.1 Å². The summed E-state index contributed by atoms with van der Waals surface area (Å²) >= 11 is 0. The zero-order valence-corrected chi connectivity index (χ0v) is 11.5. The molecule has 1 aromatic rings. The molecule has 0 fully saturated rings. The van der Waals surface area contributed by atoms with Crippen LogP contribution in [0.2, 0.25) is 0 Å². The van der Waals surface area contributed by atoms with Crippen LogP contribution < -0.4 is 11.5 Å². The molecule has 0 aliphatic rings. The number of ether oxygens (including phenoxy) is 1. The molecule has 1 unspecified atom stereocenters. The number of carbonyl (C=O) groups is 1. The van der Waals surface area contributed by atoms with Crippen LogP contribution in [-0.2, 0) is 15.1 Å². The van der Waals surface area contributed by atoms with E-state index in [0.717, 1.165) is 5.56 Å². The molecule has 1 atom stereocenters. The predicted octanol–water partition coefficient (Wildman–Crippen LogP) is 2.17. The Morgan fingerprint density at radius 3 is 2.39 bits per heavy atom. The average molecular weight is 250 g/mol. The molecule has 4 nitrogen and oxygen atoms in total. The summed E-state index contributed by atoms with van der Waals surface area (Å²) in [7, 11) is 0. The van der Waals surface area contributed by atoms with Crippen molar-refractivity contribution < 1.29 is 9.53 Å². The lowest BCUT2D eigenvalue weighted by Crippen LogP contribution is -2.38. The average Bonchev–Trinajstić information content (AvgIpc) is 2.13. The van der Waals surface area contributed by atoms with Crippen LogP contribution in [-0.4, -0.2) is 11.6 Å². The Hall–Kier alpha value is -1.55. The third-order valence-corrected chi connectivity index (χ3v) is 2.48. The van der Waals surface area contributed by atoms with Crippen molar-refractivity contribution >= 4 is 11.7 Å². The minimum Gasteiger partial charge on any atom is -0.460 e. The minimum atomic E-state index is -0.780. The van der Waals surface area contributed by atoms with Gasteiger partial charge in [-0.05, 0) is 45.4 Å². The van der Waals surface area contributed by atoms with Gasteiger partial charge in [0.1, 0.15) is 5.60 Å². The van der Waals surface area contributed by atoms with E-state index >= 15 is 0 Å². The SMILES string of the molecule is CC(C)(C)OC(=O)CC(C)(N)c1cccc(N)c1. The monoisotopic (exact) mass is 250 g/mol. The van der Waals surface area contributed by atoms with Gasteiger partial charge in [0.05, 0.1) is 6.42 Å². The molecular formula is C14H22N2O2. The molecule has 0 saturated carbocycles. The smallest absolute Gasteiger partial charge is 0.308 e.